The van der Waals surface area contributed by atoms with Crippen LogP contribution in [0.25, 0.3) is 32.7 Å². The average Bonchev–Trinajstić information content (AvgIpc) is 1.78. The summed E-state index contributed by atoms with van der Waals surface area (Å²) in [5.41, 5.74) is 1.41. The van der Waals surface area contributed by atoms with E-state index in [1.165, 1.54) is 56.4 Å². The van der Waals surface area contributed by atoms with Crippen molar-refractivity contribution in [3.8, 4) is 35.5 Å². The molecule has 0 saturated carbocycles. The Kier molecular flexibility index (Phi) is 40.1. The van der Waals surface area contributed by atoms with Gasteiger partial charge in [0.1, 0.15) is 35.4 Å². The van der Waals surface area contributed by atoms with E-state index in [0.717, 1.165) is 14.7 Å². The number of alkyl halides is 6. The topological polar surface area (TPSA) is 565 Å². The van der Waals surface area contributed by atoms with E-state index in [9.17, 15) is 115 Å². The van der Waals surface area contributed by atoms with Crippen molar-refractivity contribution in [2.24, 2.45) is 0 Å². The first-order valence-corrected chi connectivity index (χ1v) is 45.5. The van der Waals surface area contributed by atoms with Crippen LogP contribution >= 0.6 is 0 Å². The standard InChI is InChI=1S/C90H109F6N23O19.CH2O2/c91-88(92)44-60(47-97)117(57-88)75(120)50-106-82(130)66-13-19-100-72-10-7-63(41-69(66)72)136-38-4-1-16-103-85(133)114-32-30-113(78(123)53-109-22-24-110(54-79(124)125)26-28-112(56-81(128)129)29-27-111(25-23-109)55-80(126)127)31-33-115(86(134)104-17-2-5-39-137-64-8-11-73-70(42-64)67(14-20-101-73)83(131)107-51-76(121)118-58-89(93,94)45-61(118)48-98)35-37-116(36-34-114)87(135)105-18-3-6-40-138-65-9-12-74-71(43-65)68(15-21-102-74)84(132)108-52-77(122)119-59-90(95,96)46-62(119)49-99;2-1-3/h7-15,19-21,41-43,60-62H,1-6,16-18,22-40,44-46,50-59H2,(H,103,133)(H,104,134)(H,105,135)(H,106,130)(H,107,131)(H,108,132)(H,124,125)(H,126,127)(H,128,129);1H,(H,2,3)/t60-,61-,62-;/m0./s1. The molecule has 0 unspecified atom stereocenters. The molecule has 44 nitrogen and oxygen atoms in total. The molecule has 0 bridgehead atoms. The maximum atomic E-state index is 15.3. The highest BCUT2D eigenvalue weighted by Gasteiger charge is 2.50. The molecule has 6 aromatic rings. The van der Waals surface area contributed by atoms with Gasteiger partial charge in [0.05, 0.1) is 137 Å². The van der Waals surface area contributed by atoms with Crippen molar-refractivity contribution < 1.29 is 128 Å². The monoisotopic (exact) mass is 1980 g/mol. The third kappa shape index (κ3) is 32.9. The lowest BCUT2D eigenvalue weighted by Crippen LogP contribution is -2.55. The van der Waals surface area contributed by atoms with Crippen molar-refractivity contribution in [3.05, 3.63) is 108 Å². The number of pyridine rings is 3. The average molecular weight is 1980 g/mol. The van der Waals surface area contributed by atoms with Gasteiger partial charge in [-0.1, -0.05) is 0 Å². The third-order valence-electron chi connectivity index (χ3n) is 23.8. The van der Waals surface area contributed by atoms with Gasteiger partial charge in [0, 0.05) is 178 Å². The summed E-state index contributed by atoms with van der Waals surface area (Å²) < 4.78 is 103. The van der Waals surface area contributed by atoms with Crippen LogP contribution in [0.15, 0.2) is 91.4 Å². The second kappa shape index (κ2) is 52.3. The summed E-state index contributed by atoms with van der Waals surface area (Å²) in [4.78, 5) is 211. The number of unbranched alkanes of at least 4 members (excludes halogenated alkanes) is 3. The highest BCUT2D eigenvalue weighted by molar-refractivity contribution is 6.09. The van der Waals surface area contributed by atoms with E-state index in [1.54, 1.807) is 92.4 Å². The number of amides is 13. The normalized spacial score (nSPS) is 18.3. The minimum atomic E-state index is -3.27. The Labute approximate surface area is 804 Å². The fourth-order valence-corrected chi connectivity index (χ4v) is 16.4. The molecule has 50 heteroatoms. The molecule has 13 amide bonds. The molecule has 0 spiro atoms. The van der Waals surface area contributed by atoms with E-state index in [-0.39, 0.29) is 174 Å². The zero-order chi connectivity index (χ0) is 102. The molecule has 0 radical (unpaired) electrons. The smallest absolute Gasteiger partial charge is 0.317 e. The van der Waals surface area contributed by atoms with Crippen LogP contribution in [0.3, 0.4) is 0 Å². The molecule has 8 heterocycles. The maximum absolute atomic E-state index is 15.3. The number of aliphatic carboxylic acids is 3. The molecule has 141 heavy (non-hydrogen) atoms. The summed E-state index contributed by atoms with van der Waals surface area (Å²) >= 11 is 0. The number of fused-ring (bicyclic) bond motifs is 3. The van der Waals surface area contributed by atoms with Gasteiger partial charge in [0.15, 0.2) is 0 Å². The van der Waals surface area contributed by atoms with Crippen molar-refractivity contribution >= 4 is 117 Å². The van der Waals surface area contributed by atoms with Crippen LogP contribution in [0.1, 0.15) is 88.9 Å². The van der Waals surface area contributed by atoms with Crippen LogP contribution in [-0.4, -0.2) is 419 Å². The van der Waals surface area contributed by atoms with Crippen LogP contribution < -0.4 is 46.1 Å². The number of likely N-dealkylation sites (tertiary alicyclic amines) is 3. The van der Waals surface area contributed by atoms with Crippen LogP contribution in [-0.2, 0) is 38.4 Å². The van der Waals surface area contributed by atoms with E-state index in [0.29, 0.717) is 88.5 Å². The number of nitriles is 3. The van der Waals surface area contributed by atoms with Gasteiger partial charge < -0.3 is 101 Å². The highest BCUT2D eigenvalue weighted by Crippen LogP contribution is 2.35. The Morgan fingerprint density at radius 3 is 0.879 bits per heavy atom. The number of hydrogen-bond donors (Lipinski definition) is 10. The minimum absolute atomic E-state index is 0.0696. The molecule has 3 aromatic carbocycles. The quantitative estimate of drug-likeness (QED) is 0.0155. The van der Waals surface area contributed by atoms with E-state index in [1.807, 2.05) is 0 Å². The van der Waals surface area contributed by atoms with Crippen molar-refractivity contribution in [2.75, 3.05) is 210 Å². The maximum Gasteiger partial charge on any atom is 0.317 e. The summed E-state index contributed by atoms with van der Waals surface area (Å²) in [6.07, 6.45) is 3.72. The number of rotatable bonds is 35. The molecule has 11 rings (SSSR count). The Balaban J connectivity index is 0.00000673. The molecular weight excluding hydrogens is 1870 g/mol. The lowest BCUT2D eigenvalue weighted by molar-refractivity contribution is -0.140. The summed E-state index contributed by atoms with van der Waals surface area (Å²) in [5.74, 6) is -17.6. The largest absolute Gasteiger partial charge is 0.494 e. The number of carbonyl (C=O) groups excluding carboxylic acids is 10. The van der Waals surface area contributed by atoms with Gasteiger partial charge in [-0.3, -0.25) is 87.3 Å². The van der Waals surface area contributed by atoms with Gasteiger partial charge in [-0.25, -0.2) is 40.7 Å². The summed E-state index contributed by atoms with van der Waals surface area (Å²) in [6, 6.07) is 17.8. The first-order valence-electron chi connectivity index (χ1n) is 45.5. The van der Waals surface area contributed by atoms with Crippen LogP contribution in [0, 0.1) is 34.0 Å². The Bertz CT molecular complexity index is 5380. The van der Waals surface area contributed by atoms with Crippen molar-refractivity contribution in [3.63, 3.8) is 0 Å². The number of nitrogens with zero attached hydrogens (tertiary/aromatic N) is 17. The first kappa shape index (κ1) is 108. The van der Waals surface area contributed by atoms with Crippen molar-refractivity contribution in [1.82, 2.24) is 101 Å². The van der Waals surface area contributed by atoms with Crippen LogP contribution in [0.2, 0.25) is 0 Å². The number of nitrogens with one attached hydrogen (secondary N) is 6. The van der Waals surface area contributed by atoms with Gasteiger partial charge in [-0.15, -0.1) is 0 Å². The lowest BCUT2D eigenvalue weighted by atomic mass is 10.1. The predicted molar refractivity (Wildman–Crippen MR) is 487 cm³/mol. The predicted octanol–water partition coefficient (Wildman–Crippen LogP) is 2.73. The number of hydrogen-bond acceptors (Lipinski definition) is 27. The van der Waals surface area contributed by atoms with E-state index >= 15 is 4.79 Å². The molecule has 5 aliphatic heterocycles. The Hall–Kier alpha value is -14.8. The molecule has 5 saturated heterocycles. The lowest BCUT2D eigenvalue weighted by Gasteiger charge is -2.36. The summed E-state index contributed by atoms with van der Waals surface area (Å²) in [7, 11) is 0. The van der Waals surface area contributed by atoms with E-state index in [2.05, 4.69) is 46.9 Å². The second-order valence-electron chi connectivity index (χ2n) is 33.9. The fraction of sp³-hybridized carbons (Fsp3) is 0.516. The minimum Gasteiger partial charge on any atom is -0.494 e. The highest BCUT2D eigenvalue weighted by atomic mass is 19.3. The molecule has 758 valence electrons. The summed E-state index contributed by atoms with van der Waals surface area (Å²) in [6.45, 7) is -6.77. The number of benzene rings is 3. The number of urea groups is 3. The third-order valence-corrected chi connectivity index (χ3v) is 23.8. The molecular formula is C91H111F6N23O21. The molecule has 0 aliphatic carbocycles. The van der Waals surface area contributed by atoms with Crippen LogP contribution in [0.4, 0.5) is 40.7 Å². The van der Waals surface area contributed by atoms with Gasteiger partial charge in [0.2, 0.25) is 23.6 Å². The molecule has 5 fully saturated rings. The first-order chi connectivity index (χ1) is 67.4. The number of ether oxygens (including phenoxy) is 3. The number of carbonyl (C=O) groups is 14. The zero-order valence-corrected chi connectivity index (χ0v) is 77.1. The molecule has 3 atom stereocenters. The van der Waals surface area contributed by atoms with Gasteiger partial charge in [0.25, 0.3) is 42.0 Å². The SMILES string of the molecule is N#C[C@@H]1CC(F)(F)CN1C(=O)CNC(=O)c1ccnc2ccc(OCCCCNC(=O)N3CCN(C(=O)CN4CCN(CC(=O)O)CCN(CC(=O)O)CCN(CC(=O)O)CC4)CCN(C(=O)NCCCCOc4ccc5nccc(C(=O)NCC(=O)N6CC(F)(F)C[C@H]6C#N)c5c4)CCN(C(=O)NCCCCOc4ccc5nccc(C(=O)NCC(=O)N6CC(F)(F)C[C@H]6C#N)c5c4)CC3)cc12.O=CO. The van der Waals surface area contributed by atoms with E-state index in [4.69, 9.17) is 24.1 Å². The van der Waals surface area contributed by atoms with Crippen molar-refractivity contribution in [1.29, 1.82) is 15.8 Å². The Morgan fingerprint density at radius 1 is 0.369 bits per heavy atom. The zero-order valence-electron chi connectivity index (χ0n) is 77.1. The van der Waals surface area contributed by atoms with Gasteiger partial charge in [-0.05, 0) is 111 Å². The molecule has 3 aromatic heterocycles. The number of carboxylic acid groups (broad SMARTS) is 4. The Morgan fingerprint density at radius 2 is 0.624 bits per heavy atom. The van der Waals surface area contributed by atoms with E-state index < -0.39 is 191 Å². The van der Waals surface area contributed by atoms with Gasteiger partial charge >= 0.3 is 36.0 Å². The van der Waals surface area contributed by atoms with Crippen molar-refractivity contribution in [2.45, 2.75) is 93.7 Å². The number of halogens is 6. The summed E-state index contributed by atoms with van der Waals surface area (Å²) in [5, 5.41) is 82.1. The second-order valence-corrected chi connectivity index (χ2v) is 33.9. The number of carboxylic acids is 3. The molecule has 5 aliphatic rings. The molecule has 10 N–H and O–H groups in total. The van der Waals surface area contributed by atoms with Crippen LogP contribution in [0.5, 0.6) is 17.2 Å². The van der Waals surface area contributed by atoms with Gasteiger partial charge in [-0.2, -0.15) is 15.8 Å². The fourth-order valence-electron chi connectivity index (χ4n) is 16.4. The number of aromatic nitrogens is 3.